The topological polar surface area (TPSA) is 106 Å². The molecule has 116 valence electrons. The highest BCUT2D eigenvalue weighted by Crippen LogP contribution is 2.14. The average molecular weight is 297 g/mol. The van der Waals surface area contributed by atoms with Gasteiger partial charge >= 0.3 is 11.9 Å². The Morgan fingerprint density at radius 2 is 2.05 bits per heavy atom. The molecule has 0 aromatic carbocycles. The van der Waals surface area contributed by atoms with E-state index < -0.39 is 23.9 Å². The van der Waals surface area contributed by atoms with Crippen molar-refractivity contribution in [2.24, 2.45) is 0 Å². The van der Waals surface area contributed by atoms with Crippen LogP contribution in [-0.2, 0) is 14.3 Å². The monoisotopic (exact) mass is 297 g/mol. The number of hydrogen-bond acceptors (Lipinski definition) is 5. The van der Waals surface area contributed by atoms with E-state index in [0.29, 0.717) is 11.5 Å². The molecular weight excluding hydrogens is 278 g/mol. The summed E-state index contributed by atoms with van der Waals surface area (Å²) in [6.45, 7) is 5.21. The van der Waals surface area contributed by atoms with Crippen LogP contribution in [0.2, 0.25) is 0 Å². The lowest BCUT2D eigenvalue weighted by Crippen LogP contribution is -2.41. The zero-order valence-corrected chi connectivity index (χ0v) is 12.3. The quantitative estimate of drug-likeness (QED) is 0.737. The lowest BCUT2D eigenvalue weighted by atomic mass is 10.1. The van der Waals surface area contributed by atoms with Crippen LogP contribution in [0.5, 0.6) is 0 Å². The Balaban J connectivity index is 2.66. The van der Waals surface area contributed by atoms with Crippen LogP contribution in [0.4, 0.5) is 0 Å². The van der Waals surface area contributed by atoms with E-state index in [2.05, 4.69) is 5.32 Å². The number of rotatable bonds is 7. The second-order valence-electron chi connectivity index (χ2n) is 4.53. The first-order valence-electron chi connectivity index (χ1n) is 6.61. The number of carboxylic acid groups (broad SMARTS) is 1. The van der Waals surface area contributed by atoms with Crippen molar-refractivity contribution in [3.8, 4) is 0 Å². The Morgan fingerprint density at radius 3 is 2.52 bits per heavy atom. The third-order valence-corrected chi connectivity index (χ3v) is 2.83. The largest absolute Gasteiger partial charge is 0.480 e. The second-order valence-corrected chi connectivity index (χ2v) is 4.53. The zero-order valence-electron chi connectivity index (χ0n) is 12.3. The van der Waals surface area contributed by atoms with E-state index in [4.69, 9.17) is 14.3 Å². The number of hydrogen-bond donors (Lipinski definition) is 2. The van der Waals surface area contributed by atoms with E-state index in [9.17, 15) is 14.4 Å². The Kier molecular flexibility index (Phi) is 5.95. The number of nitrogens with one attached hydrogen (secondary N) is 1. The Hall–Kier alpha value is -2.31. The lowest BCUT2D eigenvalue weighted by Gasteiger charge is -2.13. The molecule has 21 heavy (non-hydrogen) atoms. The summed E-state index contributed by atoms with van der Waals surface area (Å²) in [5, 5.41) is 11.5. The van der Waals surface area contributed by atoms with Gasteiger partial charge in [-0.25, -0.2) is 4.79 Å². The molecule has 0 fully saturated rings. The summed E-state index contributed by atoms with van der Waals surface area (Å²) in [4.78, 5) is 34.4. The van der Waals surface area contributed by atoms with Crippen molar-refractivity contribution in [3.05, 3.63) is 23.2 Å². The van der Waals surface area contributed by atoms with Crippen LogP contribution in [0.3, 0.4) is 0 Å². The summed E-state index contributed by atoms with van der Waals surface area (Å²) in [5.74, 6) is -1.25. The molecule has 2 N–H and O–H groups in total. The number of carboxylic acids is 1. The van der Waals surface area contributed by atoms with Crippen LogP contribution in [0, 0.1) is 13.8 Å². The first-order chi connectivity index (χ1) is 9.85. The third kappa shape index (κ3) is 4.94. The van der Waals surface area contributed by atoms with Gasteiger partial charge in [0.25, 0.3) is 5.91 Å². The Labute approximate surface area is 122 Å². The fraction of sp³-hybridized carbons (Fsp3) is 0.500. The van der Waals surface area contributed by atoms with Crippen molar-refractivity contribution < 1.29 is 28.6 Å². The molecule has 0 aliphatic heterocycles. The molecule has 0 saturated carbocycles. The number of amides is 1. The molecular formula is C14H19NO6. The minimum absolute atomic E-state index is 0.0320. The molecule has 1 heterocycles. The number of aryl methyl sites for hydroxylation is 2. The van der Waals surface area contributed by atoms with Gasteiger partial charge in [-0.15, -0.1) is 0 Å². The summed E-state index contributed by atoms with van der Waals surface area (Å²) in [5.41, 5.74) is 0.287. The van der Waals surface area contributed by atoms with Gasteiger partial charge in [0.1, 0.15) is 17.6 Å². The molecule has 0 bridgehead atoms. The van der Waals surface area contributed by atoms with E-state index in [1.807, 2.05) is 0 Å². The molecule has 0 aliphatic carbocycles. The summed E-state index contributed by atoms with van der Waals surface area (Å²) < 4.78 is 9.95. The highest BCUT2D eigenvalue weighted by atomic mass is 16.5. The number of carbonyl (C=O) groups excluding carboxylic acids is 2. The highest BCUT2D eigenvalue weighted by molar-refractivity contribution is 5.97. The normalized spacial score (nSPS) is 11.8. The van der Waals surface area contributed by atoms with Crippen LogP contribution < -0.4 is 5.32 Å². The molecule has 1 aromatic rings. The molecule has 1 amide bonds. The van der Waals surface area contributed by atoms with Gasteiger partial charge < -0.3 is 19.6 Å². The standard InChI is InChI=1S/C14H19NO6/c1-4-20-12(16)6-5-11(14(18)19)15-13(17)10-7-8(2)21-9(10)3/h7,11H,4-6H2,1-3H3,(H,15,17)(H,18,19)/t11-/m0/s1. The fourth-order valence-electron chi connectivity index (χ4n) is 1.84. The molecule has 0 unspecified atom stereocenters. The van der Waals surface area contributed by atoms with Crippen molar-refractivity contribution in [3.63, 3.8) is 0 Å². The molecule has 0 radical (unpaired) electrons. The predicted molar refractivity (Wildman–Crippen MR) is 72.9 cm³/mol. The number of carbonyl (C=O) groups is 3. The lowest BCUT2D eigenvalue weighted by molar-refractivity contribution is -0.144. The van der Waals surface area contributed by atoms with Crippen molar-refractivity contribution in [1.29, 1.82) is 0 Å². The maximum atomic E-state index is 12.0. The summed E-state index contributed by atoms with van der Waals surface area (Å²) in [6.07, 6.45) is -0.107. The first kappa shape index (κ1) is 16.7. The van der Waals surface area contributed by atoms with Crippen molar-refractivity contribution >= 4 is 17.8 Å². The van der Waals surface area contributed by atoms with E-state index in [-0.39, 0.29) is 25.0 Å². The average Bonchev–Trinajstić information content (AvgIpc) is 2.73. The molecule has 0 saturated heterocycles. The molecule has 1 aromatic heterocycles. The Morgan fingerprint density at radius 1 is 1.38 bits per heavy atom. The van der Waals surface area contributed by atoms with Crippen molar-refractivity contribution in [2.75, 3.05) is 6.61 Å². The zero-order chi connectivity index (χ0) is 16.0. The minimum Gasteiger partial charge on any atom is -0.480 e. The van der Waals surface area contributed by atoms with E-state index >= 15 is 0 Å². The number of aliphatic carboxylic acids is 1. The van der Waals surface area contributed by atoms with Crippen LogP contribution in [0.1, 0.15) is 41.6 Å². The Bertz CT molecular complexity index is 534. The van der Waals surface area contributed by atoms with E-state index in [1.165, 1.54) is 6.07 Å². The van der Waals surface area contributed by atoms with Gasteiger partial charge in [-0.1, -0.05) is 0 Å². The van der Waals surface area contributed by atoms with Gasteiger partial charge in [0.05, 0.1) is 12.2 Å². The van der Waals surface area contributed by atoms with Gasteiger partial charge in [-0.05, 0) is 33.3 Å². The van der Waals surface area contributed by atoms with Crippen molar-refractivity contribution in [2.45, 2.75) is 39.7 Å². The van der Waals surface area contributed by atoms with Crippen LogP contribution >= 0.6 is 0 Å². The number of esters is 1. The maximum absolute atomic E-state index is 12.0. The SMILES string of the molecule is CCOC(=O)CC[C@H](NC(=O)c1cc(C)oc1C)C(=O)O. The molecule has 7 heteroatoms. The summed E-state index contributed by atoms with van der Waals surface area (Å²) in [6, 6.07) is 0.381. The molecule has 7 nitrogen and oxygen atoms in total. The van der Waals surface area contributed by atoms with E-state index in [0.717, 1.165) is 0 Å². The van der Waals surface area contributed by atoms with Crippen LogP contribution in [-0.4, -0.2) is 35.6 Å². The fourth-order valence-corrected chi connectivity index (χ4v) is 1.84. The van der Waals surface area contributed by atoms with Gasteiger partial charge in [0.2, 0.25) is 0 Å². The molecule has 0 aliphatic rings. The maximum Gasteiger partial charge on any atom is 0.326 e. The molecule has 1 atom stereocenters. The predicted octanol–water partition coefficient (Wildman–Crippen LogP) is 1.42. The van der Waals surface area contributed by atoms with Gasteiger partial charge in [-0.2, -0.15) is 0 Å². The van der Waals surface area contributed by atoms with Gasteiger partial charge in [0, 0.05) is 6.42 Å². The third-order valence-electron chi connectivity index (χ3n) is 2.83. The van der Waals surface area contributed by atoms with Gasteiger partial charge in [-0.3, -0.25) is 9.59 Å². The van der Waals surface area contributed by atoms with Crippen LogP contribution in [0.25, 0.3) is 0 Å². The highest BCUT2D eigenvalue weighted by Gasteiger charge is 2.23. The minimum atomic E-state index is -1.20. The molecule has 1 rings (SSSR count). The number of ether oxygens (including phenoxy) is 1. The number of furan rings is 1. The van der Waals surface area contributed by atoms with Gasteiger partial charge in [0.15, 0.2) is 0 Å². The molecule has 0 spiro atoms. The summed E-state index contributed by atoms with van der Waals surface area (Å²) >= 11 is 0. The summed E-state index contributed by atoms with van der Waals surface area (Å²) in [7, 11) is 0. The van der Waals surface area contributed by atoms with Crippen molar-refractivity contribution in [1.82, 2.24) is 5.32 Å². The smallest absolute Gasteiger partial charge is 0.326 e. The van der Waals surface area contributed by atoms with E-state index in [1.54, 1.807) is 20.8 Å². The second kappa shape index (κ2) is 7.47. The first-order valence-corrected chi connectivity index (χ1v) is 6.61. The van der Waals surface area contributed by atoms with Crippen LogP contribution in [0.15, 0.2) is 10.5 Å².